The molecule has 0 amide bonds. The molecule has 2 atom stereocenters. The van der Waals surface area contributed by atoms with Crippen molar-refractivity contribution >= 4 is 0 Å². The number of benzene rings is 1. The maximum absolute atomic E-state index is 9.40. The smallest absolute Gasteiger partial charge is 0.0608 e. The Balaban J connectivity index is 1.84. The number of aliphatic hydroxyl groups is 1. The van der Waals surface area contributed by atoms with Crippen LogP contribution in [0.15, 0.2) is 18.2 Å². The van der Waals surface area contributed by atoms with Gasteiger partial charge in [0, 0.05) is 5.54 Å². The number of unbranched alkanes of at least 4 members (excludes halogenated alkanes) is 5. The lowest BCUT2D eigenvalue weighted by Crippen LogP contribution is -2.41. The Morgan fingerprint density at radius 3 is 2.65 bits per heavy atom. The van der Waals surface area contributed by atoms with E-state index in [1.54, 1.807) is 0 Å². The lowest BCUT2D eigenvalue weighted by molar-refractivity contribution is 0.192. The minimum absolute atomic E-state index is 0.0644. The molecule has 1 aliphatic rings. The predicted octanol–water partition coefficient (Wildman–Crippen LogP) is 4.72. The second-order valence-electron chi connectivity index (χ2n) is 7.80. The van der Waals surface area contributed by atoms with Crippen LogP contribution in [0.2, 0.25) is 0 Å². The third-order valence-electron chi connectivity index (χ3n) is 5.30. The average Bonchev–Trinajstić information content (AvgIpc) is 2.92. The van der Waals surface area contributed by atoms with Crippen LogP contribution < -0.4 is 5.73 Å². The zero-order chi connectivity index (χ0) is 16.7. The molecule has 130 valence electrons. The van der Waals surface area contributed by atoms with E-state index in [2.05, 4.69) is 25.1 Å². The van der Waals surface area contributed by atoms with Gasteiger partial charge in [0.2, 0.25) is 0 Å². The molecule has 0 bridgehead atoms. The lowest BCUT2D eigenvalue weighted by Gasteiger charge is -2.26. The first-order valence-electron chi connectivity index (χ1n) is 9.57. The molecule has 0 spiro atoms. The zero-order valence-electron chi connectivity index (χ0n) is 15.1. The van der Waals surface area contributed by atoms with Crippen molar-refractivity contribution in [1.82, 2.24) is 0 Å². The normalized spacial score (nSPS) is 19.6. The van der Waals surface area contributed by atoms with Crippen molar-refractivity contribution in [2.45, 2.75) is 89.5 Å². The number of rotatable bonds is 10. The summed E-state index contributed by atoms with van der Waals surface area (Å²) in [5.74, 6) is 0.523. The first-order chi connectivity index (χ1) is 11.1. The monoisotopic (exact) mass is 317 g/mol. The molecule has 0 radical (unpaired) electrons. The number of nitrogens with two attached hydrogens (primary N) is 1. The molecular weight excluding hydrogens is 282 g/mol. The molecule has 0 aliphatic heterocycles. The summed E-state index contributed by atoms with van der Waals surface area (Å²) in [6.07, 6.45) is 12.6. The van der Waals surface area contributed by atoms with Gasteiger partial charge in [0.15, 0.2) is 0 Å². The maximum atomic E-state index is 9.40. The standard InChI is InChI=1S/C21H35NO/c1-3-4-5-6-7-8-9-17-10-13-20-18(14-17)11-12-19(20)15-21(2,22)16-23/h10,13-14,19,23H,3-9,11-12,15-16,22H2,1-2H3/t19-,21+/m1/s1. The van der Waals surface area contributed by atoms with Gasteiger partial charge >= 0.3 is 0 Å². The van der Waals surface area contributed by atoms with Crippen LogP contribution >= 0.6 is 0 Å². The van der Waals surface area contributed by atoms with Crippen molar-refractivity contribution in [2.75, 3.05) is 6.61 Å². The van der Waals surface area contributed by atoms with Crippen molar-refractivity contribution in [2.24, 2.45) is 5.73 Å². The fraction of sp³-hybridized carbons (Fsp3) is 0.714. The first kappa shape index (κ1) is 18.5. The molecule has 0 saturated carbocycles. The van der Waals surface area contributed by atoms with Gasteiger partial charge in [-0.2, -0.15) is 0 Å². The summed E-state index contributed by atoms with van der Waals surface area (Å²) in [5, 5.41) is 9.40. The largest absolute Gasteiger partial charge is 0.394 e. The van der Waals surface area contributed by atoms with E-state index in [9.17, 15) is 5.11 Å². The highest BCUT2D eigenvalue weighted by Crippen LogP contribution is 2.38. The third-order valence-corrected chi connectivity index (χ3v) is 5.30. The van der Waals surface area contributed by atoms with E-state index in [4.69, 9.17) is 5.73 Å². The fourth-order valence-corrected chi connectivity index (χ4v) is 3.86. The molecule has 3 N–H and O–H groups in total. The van der Waals surface area contributed by atoms with Crippen LogP contribution in [0.5, 0.6) is 0 Å². The summed E-state index contributed by atoms with van der Waals surface area (Å²) in [4.78, 5) is 0. The van der Waals surface area contributed by atoms with Gasteiger partial charge in [-0.3, -0.25) is 0 Å². The summed E-state index contributed by atoms with van der Waals surface area (Å²) in [6.45, 7) is 4.29. The number of aliphatic hydroxyl groups excluding tert-OH is 1. The molecule has 1 aromatic carbocycles. The van der Waals surface area contributed by atoms with Crippen molar-refractivity contribution in [3.05, 3.63) is 34.9 Å². The highest BCUT2D eigenvalue weighted by atomic mass is 16.3. The van der Waals surface area contributed by atoms with Crippen LogP contribution in [0, 0.1) is 0 Å². The lowest BCUT2D eigenvalue weighted by atomic mass is 9.86. The van der Waals surface area contributed by atoms with E-state index in [1.165, 1.54) is 74.5 Å². The molecule has 2 rings (SSSR count). The number of aryl methyl sites for hydroxylation is 2. The number of hydrogen-bond acceptors (Lipinski definition) is 2. The number of fused-ring (bicyclic) bond motifs is 1. The van der Waals surface area contributed by atoms with E-state index in [0.717, 1.165) is 6.42 Å². The Morgan fingerprint density at radius 2 is 1.91 bits per heavy atom. The molecule has 2 heteroatoms. The Morgan fingerprint density at radius 1 is 1.17 bits per heavy atom. The molecular formula is C21H35NO. The summed E-state index contributed by atoms with van der Waals surface area (Å²) >= 11 is 0. The van der Waals surface area contributed by atoms with Gasteiger partial charge in [0.1, 0.15) is 0 Å². The Labute approximate surface area is 142 Å². The van der Waals surface area contributed by atoms with Gasteiger partial charge in [0.05, 0.1) is 6.61 Å². The van der Waals surface area contributed by atoms with Crippen molar-refractivity contribution in [1.29, 1.82) is 0 Å². The van der Waals surface area contributed by atoms with Crippen molar-refractivity contribution < 1.29 is 5.11 Å². The summed E-state index contributed by atoms with van der Waals surface area (Å²) in [5.41, 5.74) is 10.2. The Bertz CT molecular complexity index is 481. The van der Waals surface area contributed by atoms with Crippen LogP contribution in [-0.4, -0.2) is 17.3 Å². The SMILES string of the molecule is CCCCCCCCc1ccc2c(c1)CC[C@@H]2C[C@](C)(N)CO. The van der Waals surface area contributed by atoms with Gasteiger partial charge < -0.3 is 10.8 Å². The summed E-state index contributed by atoms with van der Waals surface area (Å²) in [6, 6.07) is 7.07. The molecule has 0 aromatic heterocycles. The van der Waals surface area contributed by atoms with Gasteiger partial charge in [-0.1, -0.05) is 57.2 Å². The van der Waals surface area contributed by atoms with Gasteiger partial charge in [-0.05, 0) is 61.6 Å². The van der Waals surface area contributed by atoms with Crippen LogP contribution in [0.3, 0.4) is 0 Å². The molecule has 23 heavy (non-hydrogen) atoms. The molecule has 2 nitrogen and oxygen atoms in total. The van der Waals surface area contributed by atoms with E-state index in [-0.39, 0.29) is 6.61 Å². The van der Waals surface area contributed by atoms with Crippen LogP contribution in [0.1, 0.15) is 87.8 Å². The Kier molecular flexibility index (Phi) is 7.10. The van der Waals surface area contributed by atoms with E-state index >= 15 is 0 Å². The molecule has 1 aromatic rings. The first-order valence-corrected chi connectivity index (χ1v) is 9.57. The van der Waals surface area contributed by atoms with E-state index in [1.807, 2.05) is 6.92 Å². The predicted molar refractivity (Wildman–Crippen MR) is 98.9 cm³/mol. The van der Waals surface area contributed by atoms with Gasteiger partial charge in [-0.15, -0.1) is 0 Å². The zero-order valence-corrected chi connectivity index (χ0v) is 15.1. The second kappa shape index (κ2) is 8.84. The van der Waals surface area contributed by atoms with Crippen molar-refractivity contribution in [3.63, 3.8) is 0 Å². The van der Waals surface area contributed by atoms with E-state index in [0.29, 0.717) is 5.92 Å². The minimum Gasteiger partial charge on any atom is -0.394 e. The number of hydrogen-bond donors (Lipinski definition) is 2. The summed E-state index contributed by atoms with van der Waals surface area (Å²) in [7, 11) is 0. The topological polar surface area (TPSA) is 46.2 Å². The fourth-order valence-electron chi connectivity index (χ4n) is 3.86. The minimum atomic E-state index is -0.455. The molecule has 0 fully saturated rings. The van der Waals surface area contributed by atoms with Crippen LogP contribution in [-0.2, 0) is 12.8 Å². The van der Waals surface area contributed by atoms with Crippen LogP contribution in [0.25, 0.3) is 0 Å². The quantitative estimate of drug-likeness (QED) is 0.613. The highest BCUT2D eigenvalue weighted by molar-refractivity contribution is 5.38. The average molecular weight is 318 g/mol. The van der Waals surface area contributed by atoms with Crippen molar-refractivity contribution in [3.8, 4) is 0 Å². The highest BCUT2D eigenvalue weighted by Gasteiger charge is 2.29. The summed E-state index contributed by atoms with van der Waals surface area (Å²) < 4.78 is 0. The van der Waals surface area contributed by atoms with E-state index < -0.39 is 5.54 Å². The van der Waals surface area contributed by atoms with Crippen LogP contribution in [0.4, 0.5) is 0 Å². The second-order valence-corrected chi connectivity index (χ2v) is 7.80. The van der Waals surface area contributed by atoms with Gasteiger partial charge in [-0.25, -0.2) is 0 Å². The Hall–Kier alpha value is -0.860. The third kappa shape index (κ3) is 5.61. The molecule has 1 aliphatic carbocycles. The molecule has 0 heterocycles. The maximum Gasteiger partial charge on any atom is 0.0608 e. The molecule has 0 saturated heterocycles. The molecule has 0 unspecified atom stereocenters. The van der Waals surface area contributed by atoms with Gasteiger partial charge in [0.25, 0.3) is 0 Å².